The van der Waals surface area contributed by atoms with Crippen molar-refractivity contribution in [2.75, 3.05) is 18.8 Å². The van der Waals surface area contributed by atoms with Crippen LogP contribution in [0.1, 0.15) is 25.5 Å². The van der Waals surface area contributed by atoms with Crippen molar-refractivity contribution < 1.29 is 0 Å². The predicted molar refractivity (Wildman–Crippen MR) is 60.1 cm³/mol. The minimum absolute atomic E-state index is 0.729. The van der Waals surface area contributed by atoms with Crippen LogP contribution in [0.3, 0.4) is 0 Å². The summed E-state index contributed by atoms with van der Waals surface area (Å²) in [5, 5.41) is 3.38. The SMILES string of the molecule is CCCCNCCc1ccc(N)cn1. The van der Waals surface area contributed by atoms with Gasteiger partial charge in [-0.15, -0.1) is 0 Å². The van der Waals surface area contributed by atoms with Crippen molar-refractivity contribution >= 4 is 5.69 Å². The van der Waals surface area contributed by atoms with E-state index in [9.17, 15) is 0 Å². The van der Waals surface area contributed by atoms with E-state index in [0.29, 0.717) is 0 Å². The van der Waals surface area contributed by atoms with Gasteiger partial charge in [0.15, 0.2) is 0 Å². The summed E-state index contributed by atoms with van der Waals surface area (Å²) in [6.45, 7) is 4.30. The lowest BCUT2D eigenvalue weighted by Gasteiger charge is -2.03. The molecule has 78 valence electrons. The summed E-state index contributed by atoms with van der Waals surface area (Å²) in [6.07, 6.45) is 5.17. The fourth-order valence-corrected chi connectivity index (χ4v) is 1.23. The number of nitrogens with two attached hydrogens (primary N) is 1. The zero-order valence-electron chi connectivity index (χ0n) is 8.79. The Balaban J connectivity index is 2.15. The van der Waals surface area contributed by atoms with Gasteiger partial charge in [0.2, 0.25) is 0 Å². The zero-order valence-corrected chi connectivity index (χ0v) is 8.79. The molecular formula is C11H19N3. The van der Waals surface area contributed by atoms with Gasteiger partial charge in [0, 0.05) is 18.7 Å². The zero-order chi connectivity index (χ0) is 10.2. The van der Waals surface area contributed by atoms with Crippen molar-refractivity contribution in [1.82, 2.24) is 10.3 Å². The Hall–Kier alpha value is -1.09. The van der Waals surface area contributed by atoms with Gasteiger partial charge < -0.3 is 11.1 Å². The van der Waals surface area contributed by atoms with Crippen LogP contribution in [0.4, 0.5) is 5.69 Å². The Morgan fingerprint density at radius 3 is 2.86 bits per heavy atom. The Labute approximate surface area is 85.7 Å². The molecule has 1 aromatic rings. The van der Waals surface area contributed by atoms with E-state index < -0.39 is 0 Å². The minimum Gasteiger partial charge on any atom is -0.397 e. The van der Waals surface area contributed by atoms with Crippen molar-refractivity contribution in [2.24, 2.45) is 0 Å². The molecule has 0 radical (unpaired) electrons. The van der Waals surface area contributed by atoms with E-state index in [2.05, 4.69) is 17.2 Å². The summed E-state index contributed by atoms with van der Waals surface area (Å²) in [5.41, 5.74) is 7.37. The first-order valence-corrected chi connectivity index (χ1v) is 5.24. The molecule has 0 aliphatic carbocycles. The molecule has 0 aliphatic heterocycles. The number of hydrogen-bond acceptors (Lipinski definition) is 3. The molecule has 3 nitrogen and oxygen atoms in total. The highest BCUT2D eigenvalue weighted by molar-refractivity contribution is 5.34. The van der Waals surface area contributed by atoms with Crippen LogP contribution in [0.2, 0.25) is 0 Å². The van der Waals surface area contributed by atoms with Gasteiger partial charge in [-0.1, -0.05) is 13.3 Å². The number of nitrogen functional groups attached to an aromatic ring is 1. The summed E-state index contributed by atoms with van der Waals surface area (Å²) >= 11 is 0. The molecule has 0 saturated heterocycles. The van der Waals surface area contributed by atoms with E-state index in [1.165, 1.54) is 12.8 Å². The summed E-state index contributed by atoms with van der Waals surface area (Å²) in [6, 6.07) is 3.88. The number of nitrogens with one attached hydrogen (secondary N) is 1. The van der Waals surface area contributed by atoms with Crippen LogP contribution in [-0.4, -0.2) is 18.1 Å². The van der Waals surface area contributed by atoms with Gasteiger partial charge in [0.05, 0.1) is 11.9 Å². The van der Waals surface area contributed by atoms with Gasteiger partial charge in [-0.25, -0.2) is 0 Å². The Morgan fingerprint density at radius 2 is 2.21 bits per heavy atom. The highest BCUT2D eigenvalue weighted by atomic mass is 14.8. The first kappa shape index (κ1) is 11.0. The highest BCUT2D eigenvalue weighted by Crippen LogP contribution is 2.00. The van der Waals surface area contributed by atoms with Crippen LogP contribution in [0.15, 0.2) is 18.3 Å². The van der Waals surface area contributed by atoms with E-state index >= 15 is 0 Å². The Morgan fingerprint density at radius 1 is 1.36 bits per heavy atom. The fourth-order valence-electron chi connectivity index (χ4n) is 1.23. The van der Waals surface area contributed by atoms with Gasteiger partial charge in [-0.2, -0.15) is 0 Å². The molecule has 1 aromatic heterocycles. The van der Waals surface area contributed by atoms with E-state index in [-0.39, 0.29) is 0 Å². The molecule has 0 aliphatic rings. The maximum absolute atomic E-state index is 5.54. The lowest BCUT2D eigenvalue weighted by molar-refractivity contribution is 0.636. The molecular weight excluding hydrogens is 174 g/mol. The first-order valence-electron chi connectivity index (χ1n) is 5.24. The van der Waals surface area contributed by atoms with Gasteiger partial charge in [-0.05, 0) is 25.1 Å². The summed E-state index contributed by atoms with van der Waals surface area (Å²) in [4.78, 5) is 4.23. The summed E-state index contributed by atoms with van der Waals surface area (Å²) < 4.78 is 0. The summed E-state index contributed by atoms with van der Waals surface area (Å²) in [7, 11) is 0. The minimum atomic E-state index is 0.729. The van der Waals surface area contributed by atoms with Crippen LogP contribution >= 0.6 is 0 Å². The maximum Gasteiger partial charge on any atom is 0.0501 e. The van der Waals surface area contributed by atoms with Crippen LogP contribution in [-0.2, 0) is 6.42 Å². The standard InChI is InChI=1S/C11H19N3/c1-2-3-7-13-8-6-11-5-4-10(12)9-14-11/h4-5,9,13H,2-3,6-8,12H2,1H3. The molecule has 1 heterocycles. The van der Waals surface area contributed by atoms with E-state index in [1.807, 2.05) is 12.1 Å². The second-order valence-corrected chi connectivity index (χ2v) is 3.44. The second kappa shape index (κ2) is 6.38. The van der Waals surface area contributed by atoms with Crippen molar-refractivity contribution in [1.29, 1.82) is 0 Å². The number of hydrogen-bond donors (Lipinski definition) is 2. The van der Waals surface area contributed by atoms with Crippen LogP contribution in [0.5, 0.6) is 0 Å². The Kier molecular flexibility index (Phi) is 5.00. The smallest absolute Gasteiger partial charge is 0.0501 e. The molecule has 0 bridgehead atoms. The molecule has 0 spiro atoms. The van der Waals surface area contributed by atoms with Crippen molar-refractivity contribution in [2.45, 2.75) is 26.2 Å². The molecule has 3 N–H and O–H groups in total. The molecule has 1 rings (SSSR count). The number of unbranched alkanes of at least 4 members (excludes halogenated alkanes) is 1. The van der Waals surface area contributed by atoms with Crippen LogP contribution in [0, 0.1) is 0 Å². The number of pyridine rings is 1. The largest absolute Gasteiger partial charge is 0.397 e. The lowest BCUT2D eigenvalue weighted by Crippen LogP contribution is -2.18. The third kappa shape index (κ3) is 4.23. The maximum atomic E-state index is 5.54. The highest BCUT2D eigenvalue weighted by Gasteiger charge is 1.93. The van der Waals surface area contributed by atoms with Crippen LogP contribution < -0.4 is 11.1 Å². The molecule has 0 atom stereocenters. The van der Waals surface area contributed by atoms with Gasteiger partial charge in [-0.3, -0.25) is 4.98 Å². The third-order valence-electron chi connectivity index (χ3n) is 2.11. The van der Waals surface area contributed by atoms with E-state index in [0.717, 1.165) is 30.9 Å². The molecule has 0 unspecified atom stereocenters. The monoisotopic (exact) mass is 193 g/mol. The average molecular weight is 193 g/mol. The first-order chi connectivity index (χ1) is 6.83. The van der Waals surface area contributed by atoms with E-state index in [1.54, 1.807) is 6.20 Å². The predicted octanol–water partition coefficient (Wildman–Crippen LogP) is 1.60. The number of anilines is 1. The van der Waals surface area contributed by atoms with Gasteiger partial charge in [0.25, 0.3) is 0 Å². The van der Waals surface area contributed by atoms with E-state index in [4.69, 9.17) is 5.73 Å². The number of aromatic nitrogens is 1. The second-order valence-electron chi connectivity index (χ2n) is 3.44. The summed E-state index contributed by atoms with van der Waals surface area (Å²) in [5.74, 6) is 0. The molecule has 0 amide bonds. The quantitative estimate of drug-likeness (QED) is 0.675. The van der Waals surface area contributed by atoms with Crippen molar-refractivity contribution in [3.8, 4) is 0 Å². The van der Waals surface area contributed by atoms with Gasteiger partial charge >= 0.3 is 0 Å². The lowest BCUT2D eigenvalue weighted by atomic mass is 10.2. The fraction of sp³-hybridized carbons (Fsp3) is 0.545. The Bertz CT molecular complexity index is 243. The number of nitrogens with zero attached hydrogens (tertiary/aromatic N) is 1. The van der Waals surface area contributed by atoms with Crippen molar-refractivity contribution in [3.05, 3.63) is 24.0 Å². The molecule has 3 heteroatoms. The van der Waals surface area contributed by atoms with Crippen LogP contribution in [0.25, 0.3) is 0 Å². The topological polar surface area (TPSA) is 50.9 Å². The molecule has 14 heavy (non-hydrogen) atoms. The molecule has 0 saturated carbocycles. The number of rotatable bonds is 6. The molecule has 0 aromatic carbocycles. The van der Waals surface area contributed by atoms with Gasteiger partial charge in [0.1, 0.15) is 0 Å². The average Bonchev–Trinajstić information content (AvgIpc) is 2.21. The third-order valence-corrected chi connectivity index (χ3v) is 2.11. The molecule has 0 fully saturated rings. The van der Waals surface area contributed by atoms with Crippen molar-refractivity contribution in [3.63, 3.8) is 0 Å². The normalized spacial score (nSPS) is 10.4.